The van der Waals surface area contributed by atoms with Crippen molar-refractivity contribution in [3.05, 3.63) is 99.6 Å². The highest BCUT2D eigenvalue weighted by molar-refractivity contribution is 6.31. The fourth-order valence-electron chi connectivity index (χ4n) is 4.78. The molecule has 0 bridgehead atoms. The minimum absolute atomic E-state index is 0.0789. The predicted molar refractivity (Wildman–Crippen MR) is 133 cm³/mol. The van der Waals surface area contributed by atoms with E-state index in [1.807, 2.05) is 42.5 Å². The molecule has 7 nitrogen and oxygen atoms in total. The van der Waals surface area contributed by atoms with Crippen molar-refractivity contribution in [1.29, 1.82) is 0 Å². The maximum Gasteiger partial charge on any atom is 0.119 e. The molecule has 5 rings (SSSR count). The van der Waals surface area contributed by atoms with Crippen LogP contribution in [0.2, 0.25) is 5.02 Å². The molecule has 2 aliphatic rings. The first kappa shape index (κ1) is 25.2. The predicted octanol–water partition coefficient (Wildman–Crippen LogP) is 3.10. The van der Waals surface area contributed by atoms with Crippen LogP contribution < -0.4 is 4.74 Å². The van der Waals surface area contributed by atoms with Gasteiger partial charge in [-0.15, -0.1) is 0 Å². The second-order valence-electron chi connectivity index (χ2n) is 9.23. The third kappa shape index (κ3) is 5.14. The Labute approximate surface area is 214 Å². The monoisotopic (exact) mass is 512 g/mol. The molecule has 3 aromatic carbocycles. The number of benzene rings is 3. The van der Waals surface area contributed by atoms with Gasteiger partial charge in [0.2, 0.25) is 0 Å². The molecule has 0 saturated carbocycles. The summed E-state index contributed by atoms with van der Waals surface area (Å²) in [5.74, 6) is 0.743. The number of rotatable bonds is 7. The number of halogens is 1. The number of aliphatic hydroxyl groups excluding tert-OH is 4. The summed E-state index contributed by atoms with van der Waals surface area (Å²) in [6.45, 7) is 0.561. The van der Waals surface area contributed by atoms with Gasteiger partial charge < -0.3 is 34.6 Å². The molecule has 8 heteroatoms. The molecule has 0 amide bonds. The van der Waals surface area contributed by atoms with Crippen LogP contribution in [0.15, 0.2) is 66.7 Å². The number of fused-ring (bicyclic) bond motifs is 1. The highest BCUT2D eigenvalue weighted by Gasteiger charge is 2.44. The van der Waals surface area contributed by atoms with Gasteiger partial charge in [-0.05, 0) is 52.4 Å². The smallest absolute Gasteiger partial charge is 0.119 e. The first-order chi connectivity index (χ1) is 17.4. The van der Waals surface area contributed by atoms with Gasteiger partial charge in [-0.1, -0.05) is 60.1 Å². The first-order valence-corrected chi connectivity index (χ1v) is 12.3. The molecule has 0 radical (unpaired) electrons. The number of aliphatic hydroxyl groups is 4. The molecule has 1 saturated heterocycles. The van der Waals surface area contributed by atoms with E-state index in [-0.39, 0.29) is 6.10 Å². The van der Waals surface area contributed by atoms with E-state index < -0.39 is 37.1 Å². The summed E-state index contributed by atoms with van der Waals surface area (Å²) < 4.78 is 17.5. The van der Waals surface area contributed by atoms with E-state index in [9.17, 15) is 20.4 Å². The minimum Gasteiger partial charge on any atom is -0.491 e. The molecule has 1 fully saturated rings. The Bertz CT molecular complexity index is 1180. The molecule has 2 aliphatic heterocycles. The van der Waals surface area contributed by atoms with Gasteiger partial charge in [0.25, 0.3) is 0 Å². The lowest BCUT2D eigenvalue weighted by molar-refractivity contribution is -0.231. The maximum atomic E-state index is 10.5. The van der Waals surface area contributed by atoms with Crippen molar-refractivity contribution in [2.75, 3.05) is 13.2 Å². The molecule has 4 N–H and O–H groups in total. The molecule has 0 spiro atoms. The normalized spacial score (nSPS) is 27.6. The van der Waals surface area contributed by atoms with E-state index in [0.29, 0.717) is 30.2 Å². The zero-order valence-corrected chi connectivity index (χ0v) is 20.3. The quantitative estimate of drug-likeness (QED) is 0.385. The van der Waals surface area contributed by atoms with E-state index in [1.54, 1.807) is 12.1 Å². The Kier molecular flexibility index (Phi) is 7.60. The fourth-order valence-corrected chi connectivity index (χ4v) is 4.96. The SMILES string of the molecule is OC[C@H]1O[C@@H](c2ccc(Cl)c(Cc3ccc(OC[C@@H]4OCc5ccccc54)cc3)c2)C(O)[C@@H](O)[C@@H]1O. The molecular weight excluding hydrogens is 484 g/mol. The second kappa shape index (κ2) is 10.9. The van der Waals surface area contributed by atoms with Gasteiger partial charge in [-0.3, -0.25) is 0 Å². The van der Waals surface area contributed by atoms with E-state index in [0.717, 1.165) is 16.9 Å². The van der Waals surface area contributed by atoms with E-state index in [4.69, 9.17) is 25.8 Å². The van der Waals surface area contributed by atoms with Crippen molar-refractivity contribution in [3.8, 4) is 5.75 Å². The van der Waals surface area contributed by atoms with Crippen LogP contribution in [0.3, 0.4) is 0 Å². The molecule has 36 heavy (non-hydrogen) atoms. The van der Waals surface area contributed by atoms with E-state index in [2.05, 4.69) is 12.1 Å². The van der Waals surface area contributed by atoms with Crippen LogP contribution in [0, 0.1) is 0 Å². The van der Waals surface area contributed by atoms with Gasteiger partial charge in [0.15, 0.2) is 0 Å². The molecular formula is C28H29ClO7. The van der Waals surface area contributed by atoms with E-state index in [1.165, 1.54) is 11.1 Å². The lowest BCUT2D eigenvalue weighted by atomic mass is 9.90. The first-order valence-electron chi connectivity index (χ1n) is 11.9. The molecule has 0 aromatic heterocycles. The van der Waals surface area contributed by atoms with Crippen molar-refractivity contribution in [3.63, 3.8) is 0 Å². The third-order valence-corrected chi connectivity index (χ3v) is 7.22. The number of hydrogen-bond donors (Lipinski definition) is 4. The van der Waals surface area contributed by atoms with Crippen molar-refractivity contribution in [1.82, 2.24) is 0 Å². The summed E-state index contributed by atoms with van der Waals surface area (Å²) in [6, 6.07) is 21.1. The van der Waals surface area contributed by atoms with Crippen LogP contribution in [0.5, 0.6) is 5.75 Å². The van der Waals surface area contributed by atoms with Crippen LogP contribution in [0.1, 0.15) is 40.0 Å². The van der Waals surface area contributed by atoms with Crippen molar-refractivity contribution in [2.45, 2.75) is 49.7 Å². The Morgan fingerprint density at radius 2 is 1.69 bits per heavy atom. The zero-order valence-electron chi connectivity index (χ0n) is 19.5. The van der Waals surface area contributed by atoms with Crippen LogP contribution >= 0.6 is 11.6 Å². The minimum atomic E-state index is -1.43. The van der Waals surface area contributed by atoms with Gasteiger partial charge in [0, 0.05) is 5.02 Å². The van der Waals surface area contributed by atoms with Crippen molar-refractivity contribution >= 4 is 11.6 Å². The summed E-state index contributed by atoms with van der Waals surface area (Å²) in [5.41, 5.74) is 4.80. The van der Waals surface area contributed by atoms with Crippen LogP contribution in [-0.4, -0.2) is 58.1 Å². The fraction of sp³-hybridized carbons (Fsp3) is 0.357. The molecule has 3 aromatic rings. The highest BCUT2D eigenvalue weighted by Crippen LogP contribution is 2.35. The van der Waals surface area contributed by atoms with Crippen LogP contribution in [-0.2, 0) is 22.5 Å². The van der Waals surface area contributed by atoms with Crippen LogP contribution in [0.4, 0.5) is 0 Å². The summed E-state index contributed by atoms with van der Waals surface area (Å²) in [6.07, 6.45) is -5.60. The molecule has 0 aliphatic carbocycles. The number of ether oxygens (including phenoxy) is 3. The Morgan fingerprint density at radius 1 is 0.917 bits per heavy atom. The Hall–Kier alpha value is -2.49. The molecule has 6 atom stereocenters. The molecule has 190 valence electrons. The summed E-state index contributed by atoms with van der Waals surface area (Å²) >= 11 is 6.45. The van der Waals surface area contributed by atoms with Crippen molar-refractivity contribution in [2.24, 2.45) is 0 Å². The van der Waals surface area contributed by atoms with Gasteiger partial charge in [-0.2, -0.15) is 0 Å². The van der Waals surface area contributed by atoms with E-state index >= 15 is 0 Å². The van der Waals surface area contributed by atoms with Gasteiger partial charge in [0.1, 0.15) is 49.0 Å². The second-order valence-corrected chi connectivity index (χ2v) is 9.64. The molecule has 2 heterocycles. The largest absolute Gasteiger partial charge is 0.491 e. The summed E-state index contributed by atoms with van der Waals surface area (Å²) in [4.78, 5) is 0. The highest BCUT2D eigenvalue weighted by atomic mass is 35.5. The van der Waals surface area contributed by atoms with Gasteiger partial charge in [0.05, 0.1) is 13.2 Å². The maximum absolute atomic E-state index is 10.5. The lowest BCUT2D eigenvalue weighted by Crippen LogP contribution is -2.55. The van der Waals surface area contributed by atoms with Gasteiger partial charge in [-0.25, -0.2) is 0 Å². The topological polar surface area (TPSA) is 109 Å². The average Bonchev–Trinajstić information content (AvgIpc) is 3.32. The third-order valence-electron chi connectivity index (χ3n) is 6.85. The van der Waals surface area contributed by atoms with Gasteiger partial charge >= 0.3 is 0 Å². The Morgan fingerprint density at radius 3 is 2.47 bits per heavy atom. The Balaban J connectivity index is 1.25. The summed E-state index contributed by atoms with van der Waals surface area (Å²) in [5, 5.41) is 40.7. The summed E-state index contributed by atoms with van der Waals surface area (Å²) in [7, 11) is 0. The van der Waals surface area contributed by atoms with Crippen LogP contribution in [0.25, 0.3) is 0 Å². The lowest BCUT2D eigenvalue weighted by Gasteiger charge is -2.40. The van der Waals surface area contributed by atoms with Crippen molar-refractivity contribution < 1.29 is 34.6 Å². The standard InChI is InChI=1S/C28H29ClO7/c29-22-10-7-17(28-27(33)26(32)25(31)23(13-30)36-28)12-19(22)11-16-5-8-20(9-6-16)34-15-24-21-4-2-1-3-18(21)14-35-24/h1-10,12,23-28,30-33H,11,13-15H2/t23-,24+,25-,26+,27?,28+/m1/s1. The molecule has 1 unspecified atom stereocenters. The zero-order chi connectivity index (χ0) is 25.2. The average molecular weight is 513 g/mol. The number of hydrogen-bond acceptors (Lipinski definition) is 7.